The smallest absolute Gasteiger partial charge is 0.173 e. The summed E-state index contributed by atoms with van der Waals surface area (Å²) in [6, 6.07) is 15.1. The topological polar surface area (TPSA) is 59.6 Å². The molecule has 1 atom stereocenters. The first-order chi connectivity index (χ1) is 14.1. The maximum atomic E-state index is 12.9. The molecule has 156 valence electrons. The zero-order chi connectivity index (χ0) is 20.4. The van der Waals surface area contributed by atoms with Gasteiger partial charge in [0.2, 0.25) is 0 Å². The van der Waals surface area contributed by atoms with Gasteiger partial charge in [0.05, 0.1) is 14.2 Å². The fourth-order valence-corrected chi connectivity index (χ4v) is 3.89. The summed E-state index contributed by atoms with van der Waals surface area (Å²) in [6.07, 6.45) is 5.48. The number of aromatic hydroxyl groups is 1. The summed E-state index contributed by atoms with van der Waals surface area (Å²) in [6.45, 7) is 0.730. The zero-order valence-electron chi connectivity index (χ0n) is 17.0. The number of fused-ring (bicyclic) bond motifs is 1. The monoisotopic (exact) mass is 469 g/mol. The molecule has 5 nitrogen and oxygen atoms in total. The summed E-state index contributed by atoms with van der Waals surface area (Å²) in [4.78, 5) is 12.9. The minimum atomic E-state index is -0.0604. The lowest BCUT2D eigenvalue weighted by Gasteiger charge is -2.09. The number of hydrogen-bond acceptors (Lipinski definition) is 4. The molecule has 0 amide bonds. The van der Waals surface area contributed by atoms with Gasteiger partial charge in [-0.2, -0.15) is 0 Å². The Bertz CT molecular complexity index is 1030. The number of rotatable bonds is 6. The van der Waals surface area contributed by atoms with E-state index in [0.717, 1.165) is 35.2 Å². The van der Waals surface area contributed by atoms with Crippen molar-refractivity contribution >= 4 is 5.78 Å². The fourth-order valence-electron chi connectivity index (χ4n) is 3.89. The van der Waals surface area contributed by atoms with Crippen molar-refractivity contribution in [3.63, 3.8) is 0 Å². The Labute approximate surface area is 186 Å². The highest BCUT2D eigenvalue weighted by Gasteiger charge is 2.32. The summed E-state index contributed by atoms with van der Waals surface area (Å²) in [5, 5.41) is 9.39. The van der Waals surface area contributed by atoms with Crippen molar-refractivity contribution in [2.24, 2.45) is 5.92 Å². The quantitative estimate of drug-likeness (QED) is 0.529. The van der Waals surface area contributed by atoms with Gasteiger partial charge in [-0.1, -0.05) is 0 Å². The van der Waals surface area contributed by atoms with Crippen molar-refractivity contribution in [3.05, 3.63) is 83.2 Å². The molecule has 0 bridgehead atoms. The van der Waals surface area contributed by atoms with E-state index in [2.05, 4.69) is 16.7 Å². The van der Waals surface area contributed by atoms with Crippen LogP contribution in [0, 0.1) is 5.92 Å². The molecule has 30 heavy (non-hydrogen) atoms. The van der Waals surface area contributed by atoms with Gasteiger partial charge in [-0.05, 0) is 60.4 Å². The van der Waals surface area contributed by atoms with Crippen molar-refractivity contribution in [2.45, 2.75) is 19.4 Å². The van der Waals surface area contributed by atoms with Crippen LogP contribution in [0.25, 0.3) is 0 Å². The summed E-state index contributed by atoms with van der Waals surface area (Å²) in [5.74, 6) is 1.63. The largest absolute Gasteiger partial charge is 1.00 e. The minimum Gasteiger partial charge on any atom is -1.00 e. The third-order valence-corrected chi connectivity index (χ3v) is 5.46. The highest BCUT2D eigenvalue weighted by molar-refractivity contribution is 6.03. The lowest BCUT2D eigenvalue weighted by molar-refractivity contribution is -0.688. The van der Waals surface area contributed by atoms with E-state index in [4.69, 9.17) is 9.47 Å². The molecule has 1 aliphatic rings. The molecule has 1 aromatic heterocycles. The number of nitrogens with zero attached hydrogens (tertiary/aromatic N) is 1. The lowest BCUT2D eigenvalue weighted by atomic mass is 9.96. The lowest BCUT2D eigenvalue weighted by Crippen LogP contribution is -3.00. The van der Waals surface area contributed by atoms with E-state index in [1.54, 1.807) is 32.4 Å². The van der Waals surface area contributed by atoms with Crippen molar-refractivity contribution < 1.29 is 40.9 Å². The SMILES string of the molecule is COc1cc2c(cc1OC)C(=O)C(Cc1cc[n+](Cc3ccc(O)cc3)cc1)C2.[Br-]. The molecular formula is C24H24BrNO4. The van der Waals surface area contributed by atoms with Gasteiger partial charge in [0.15, 0.2) is 36.2 Å². The average molecular weight is 470 g/mol. The molecule has 0 fully saturated rings. The van der Waals surface area contributed by atoms with E-state index in [-0.39, 0.29) is 34.4 Å². The number of hydrogen-bond donors (Lipinski definition) is 1. The Morgan fingerprint density at radius 1 is 0.967 bits per heavy atom. The van der Waals surface area contributed by atoms with Crippen LogP contribution in [0.2, 0.25) is 0 Å². The number of halogens is 1. The van der Waals surface area contributed by atoms with Crippen LogP contribution in [-0.4, -0.2) is 25.1 Å². The van der Waals surface area contributed by atoms with Crippen molar-refractivity contribution in [2.75, 3.05) is 14.2 Å². The van der Waals surface area contributed by atoms with Crippen LogP contribution in [0.1, 0.15) is 27.0 Å². The molecule has 1 N–H and O–H groups in total. The number of carbonyl (C=O) groups excluding carboxylic acids is 1. The molecule has 0 saturated heterocycles. The van der Waals surface area contributed by atoms with Crippen molar-refractivity contribution in [3.8, 4) is 17.2 Å². The second-order valence-corrected chi connectivity index (χ2v) is 7.38. The van der Waals surface area contributed by atoms with Gasteiger partial charge in [0.25, 0.3) is 0 Å². The van der Waals surface area contributed by atoms with Crippen LogP contribution in [0.4, 0.5) is 0 Å². The number of benzene rings is 2. The van der Waals surface area contributed by atoms with Crippen LogP contribution in [0.3, 0.4) is 0 Å². The van der Waals surface area contributed by atoms with Gasteiger partial charge >= 0.3 is 0 Å². The van der Waals surface area contributed by atoms with E-state index < -0.39 is 0 Å². The highest BCUT2D eigenvalue weighted by Crippen LogP contribution is 2.37. The third kappa shape index (κ3) is 4.49. The zero-order valence-corrected chi connectivity index (χ0v) is 18.6. The first kappa shape index (κ1) is 21.8. The second kappa shape index (κ2) is 9.30. The van der Waals surface area contributed by atoms with Gasteiger partial charge in [-0.25, -0.2) is 4.57 Å². The Balaban J connectivity index is 0.00000256. The Morgan fingerprint density at radius 3 is 2.23 bits per heavy atom. The van der Waals surface area contributed by atoms with Gasteiger partial charge in [0, 0.05) is 29.2 Å². The van der Waals surface area contributed by atoms with Crippen LogP contribution < -0.4 is 31.0 Å². The van der Waals surface area contributed by atoms with Gasteiger partial charge < -0.3 is 31.6 Å². The molecule has 0 spiro atoms. The number of aromatic nitrogens is 1. The summed E-state index contributed by atoms with van der Waals surface area (Å²) >= 11 is 0. The molecule has 0 aliphatic heterocycles. The van der Waals surface area contributed by atoms with E-state index in [0.29, 0.717) is 17.9 Å². The molecule has 6 heteroatoms. The van der Waals surface area contributed by atoms with Crippen LogP contribution in [-0.2, 0) is 19.4 Å². The summed E-state index contributed by atoms with van der Waals surface area (Å²) in [5.41, 5.74) is 4.02. The molecule has 1 aliphatic carbocycles. The second-order valence-electron chi connectivity index (χ2n) is 7.38. The first-order valence-corrected chi connectivity index (χ1v) is 9.62. The normalized spacial score (nSPS) is 14.7. The number of carbonyl (C=O) groups is 1. The molecule has 1 heterocycles. The number of pyridine rings is 1. The number of phenols is 1. The van der Waals surface area contributed by atoms with Gasteiger partial charge in [-0.3, -0.25) is 4.79 Å². The maximum absolute atomic E-state index is 12.9. The number of Topliss-reactive ketones (excluding diaryl/α,β-unsaturated/α-hetero) is 1. The van der Waals surface area contributed by atoms with Crippen LogP contribution in [0.5, 0.6) is 17.2 Å². The van der Waals surface area contributed by atoms with E-state index in [1.165, 1.54) is 0 Å². The number of ether oxygens (including phenoxy) is 2. The van der Waals surface area contributed by atoms with Crippen LogP contribution in [0.15, 0.2) is 60.9 Å². The Morgan fingerprint density at radius 2 is 1.60 bits per heavy atom. The number of phenolic OH excluding ortho intramolecular Hbond substituents is 1. The Kier molecular flexibility index (Phi) is 6.77. The van der Waals surface area contributed by atoms with Crippen molar-refractivity contribution in [1.82, 2.24) is 0 Å². The van der Waals surface area contributed by atoms with Gasteiger partial charge in [-0.15, -0.1) is 0 Å². The summed E-state index contributed by atoms with van der Waals surface area (Å²) in [7, 11) is 3.19. The molecule has 0 radical (unpaired) electrons. The fraction of sp³-hybridized carbons (Fsp3) is 0.250. The van der Waals surface area contributed by atoms with Gasteiger partial charge in [0.1, 0.15) is 5.75 Å². The summed E-state index contributed by atoms with van der Waals surface area (Å²) < 4.78 is 12.8. The molecule has 3 aromatic rings. The molecule has 4 rings (SSSR count). The number of methoxy groups -OCH3 is 2. The maximum Gasteiger partial charge on any atom is 0.173 e. The molecule has 1 unspecified atom stereocenters. The molecular weight excluding hydrogens is 446 g/mol. The predicted octanol–water partition coefficient (Wildman–Crippen LogP) is 0.347. The van der Waals surface area contributed by atoms with E-state index >= 15 is 0 Å². The molecule has 0 saturated carbocycles. The van der Waals surface area contributed by atoms with Crippen molar-refractivity contribution in [1.29, 1.82) is 0 Å². The predicted molar refractivity (Wildman–Crippen MR) is 109 cm³/mol. The Hall–Kier alpha value is -2.86. The average Bonchev–Trinajstić information content (AvgIpc) is 3.04. The van der Waals surface area contributed by atoms with E-state index in [1.807, 2.05) is 30.6 Å². The minimum absolute atomic E-state index is 0. The highest BCUT2D eigenvalue weighted by atomic mass is 79.9. The number of ketones is 1. The van der Waals surface area contributed by atoms with E-state index in [9.17, 15) is 9.90 Å². The standard InChI is InChI=1S/C24H23NO4.BrH/c1-28-22-13-18-12-19(24(27)21(18)14-23(22)29-2)11-16-7-9-25(10-8-16)15-17-3-5-20(26)6-4-17;/h3-10,13-14,19H,11-12,15H2,1-2H3;1H. The van der Waals surface area contributed by atoms with Crippen LogP contribution >= 0.6 is 0 Å². The molecule has 2 aromatic carbocycles. The third-order valence-electron chi connectivity index (χ3n) is 5.46. The first-order valence-electron chi connectivity index (χ1n) is 9.62.